The Bertz CT molecular complexity index is 851. The Hall–Kier alpha value is -2.42. The van der Waals surface area contributed by atoms with Gasteiger partial charge in [0.25, 0.3) is 11.8 Å². The van der Waals surface area contributed by atoms with Crippen LogP contribution in [-0.4, -0.2) is 94.1 Å². The standard InChI is InChI=1S/C22H34N6O3/c1-22(21(31)23-16-8-6-4-5-7-9-16)15-28-18(20(30)26(22)3)14-17(24-28)19(29)27-12-10-25(2)11-13-27/h14,16H,4-13,15H2,1-3H3,(H,23,31). The number of aromatic nitrogens is 2. The molecule has 0 bridgehead atoms. The number of hydrogen-bond acceptors (Lipinski definition) is 5. The van der Waals surface area contributed by atoms with Crippen molar-refractivity contribution in [2.75, 3.05) is 40.3 Å². The first-order valence-corrected chi connectivity index (χ1v) is 11.4. The quantitative estimate of drug-likeness (QED) is 0.721. The third-order valence-electron chi connectivity index (χ3n) is 7.19. The van der Waals surface area contributed by atoms with Crippen LogP contribution in [0, 0.1) is 0 Å². The van der Waals surface area contributed by atoms with Crippen molar-refractivity contribution in [1.82, 2.24) is 29.8 Å². The van der Waals surface area contributed by atoms with E-state index >= 15 is 0 Å². The van der Waals surface area contributed by atoms with E-state index < -0.39 is 5.54 Å². The van der Waals surface area contributed by atoms with Gasteiger partial charge in [-0.05, 0) is 26.8 Å². The van der Waals surface area contributed by atoms with Crippen LogP contribution >= 0.6 is 0 Å². The van der Waals surface area contributed by atoms with E-state index in [0.717, 1.165) is 38.8 Å². The third kappa shape index (κ3) is 4.20. The molecule has 1 aromatic rings. The van der Waals surface area contributed by atoms with Gasteiger partial charge in [-0.3, -0.25) is 19.1 Å². The molecule has 3 heterocycles. The second kappa shape index (κ2) is 8.61. The van der Waals surface area contributed by atoms with Gasteiger partial charge in [0.15, 0.2) is 5.69 Å². The van der Waals surface area contributed by atoms with Crippen LogP contribution in [-0.2, 0) is 11.3 Å². The molecule has 0 aromatic carbocycles. The maximum Gasteiger partial charge on any atom is 0.274 e. The topological polar surface area (TPSA) is 90.8 Å². The number of piperazine rings is 1. The number of nitrogens with one attached hydrogen (secondary N) is 1. The molecule has 2 aliphatic heterocycles. The maximum absolute atomic E-state index is 13.3. The largest absolute Gasteiger partial charge is 0.351 e. The van der Waals surface area contributed by atoms with Gasteiger partial charge in [0.1, 0.15) is 11.2 Å². The molecule has 9 heteroatoms. The van der Waals surface area contributed by atoms with Gasteiger partial charge in [-0.2, -0.15) is 5.10 Å². The lowest BCUT2D eigenvalue weighted by atomic mass is 9.95. The lowest BCUT2D eigenvalue weighted by Gasteiger charge is -2.41. The summed E-state index contributed by atoms with van der Waals surface area (Å²) >= 11 is 0. The van der Waals surface area contributed by atoms with Crippen LogP contribution in [0.2, 0.25) is 0 Å². The average Bonchev–Trinajstić information content (AvgIpc) is 3.00. The predicted octanol–water partition coefficient (Wildman–Crippen LogP) is 0.954. The zero-order valence-corrected chi connectivity index (χ0v) is 18.9. The van der Waals surface area contributed by atoms with E-state index in [1.165, 1.54) is 22.4 Å². The van der Waals surface area contributed by atoms with E-state index in [-0.39, 0.29) is 36.0 Å². The highest BCUT2D eigenvalue weighted by Crippen LogP contribution is 2.27. The molecule has 3 amide bonds. The smallest absolute Gasteiger partial charge is 0.274 e. The summed E-state index contributed by atoms with van der Waals surface area (Å²) in [7, 11) is 3.69. The number of carbonyl (C=O) groups excluding carboxylic acids is 3. The molecule has 170 valence electrons. The van der Waals surface area contributed by atoms with E-state index in [4.69, 9.17) is 0 Å². The molecule has 31 heavy (non-hydrogen) atoms. The van der Waals surface area contributed by atoms with Gasteiger partial charge < -0.3 is 20.0 Å². The molecule has 1 unspecified atom stereocenters. The number of amides is 3. The van der Waals surface area contributed by atoms with Crippen molar-refractivity contribution in [2.45, 2.75) is 63.6 Å². The molecule has 1 aliphatic carbocycles. The van der Waals surface area contributed by atoms with Gasteiger partial charge in [0, 0.05) is 45.3 Å². The van der Waals surface area contributed by atoms with Crippen LogP contribution < -0.4 is 5.32 Å². The van der Waals surface area contributed by atoms with Gasteiger partial charge in [-0.25, -0.2) is 0 Å². The normalized spacial score (nSPS) is 25.8. The molecular formula is C22H34N6O3. The van der Waals surface area contributed by atoms with Gasteiger partial charge >= 0.3 is 0 Å². The van der Waals surface area contributed by atoms with Crippen LogP contribution in [0.15, 0.2) is 6.07 Å². The number of nitrogens with zero attached hydrogens (tertiary/aromatic N) is 5. The van der Waals surface area contributed by atoms with E-state index in [2.05, 4.69) is 15.3 Å². The molecule has 1 N–H and O–H groups in total. The van der Waals surface area contributed by atoms with Crippen molar-refractivity contribution in [3.63, 3.8) is 0 Å². The summed E-state index contributed by atoms with van der Waals surface area (Å²) in [6.45, 7) is 4.95. The zero-order valence-electron chi connectivity index (χ0n) is 18.9. The highest BCUT2D eigenvalue weighted by molar-refractivity contribution is 6.01. The highest BCUT2D eigenvalue weighted by atomic mass is 16.2. The Balaban J connectivity index is 1.51. The molecule has 2 fully saturated rings. The molecule has 1 saturated carbocycles. The minimum Gasteiger partial charge on any atom is -0.351 e. The van der Waals surface area contributed by atoms with Crippen molar-refractivity contribution < 1.29 is 14.4 Å². The Morgan fingerprint density at radius 1 is 1.06 bits per heavy atom. The molecule has 9 nitrogen and oxygen atoms in total. The second-order valence-corrected chi connectivity index (χ2v) is 9.47. The third-order valence-corrected chi connectivity index (χ3v) is 7.19. The Labute approximate surface area is 183 Å². The van der Waals surface area contributed by atoms with Crippen molar-refractivity contribution in [2.24, 2.45) is 0 Å². The summed E-state index contributed by atoms with van der Waals surface area (Å²) in [5, 5.41) is 7.64. The molecule has 3 aliphatic rings. The first-order chi connectivity index (χ1) is 14.8. The second-order valence-electron chi connectivity index (χ2n) is 9.47. The molecular weight excluding hydrogens is 396 g/mol. The fourth-order valence-corrected chi connectivity index (χ4v) is 4.77. The number of rotatable bonds is 3. The molecule has 1 saturated heterocycles. The lowest BCUT2D eigenvalue weighted by Crippen LogP contribution is -2.63. The first kappa shape index (κ1) is 21.8. The van der Waals surface area contributed by atoms with Gasteiger partial charge in [-0.15, -0.1) is 0 Å². The number of hydrogen-bond donors (Lipinski definition) is 1. The van der Waals surface area contributed by atoms with Crippen LogP contribution in [0.5, 0.6) is 0 Å². The maximum atomic E-state index is 13.3. The minimum absolute atomic E-state index is 0.150. The summed E-state index contributed by atoms with van der Waals surface area (Å²) in [6.07, 6.45) is 6.63. The van der Waals surface area contributed by atoms with Gasteiger partial charge in [-0.1, -0.05) is 25.7 Å². The van der Waals surface area contributed by atoms with Gasteiger partial charge in [0.2, 0.25) is 5.91 Å². The summed E-state index contributed by atoms with van der Waals surface area (Å²) in [4.78, 5) is 44.7. The Morgan fingerprint density at radius 3 is 2.35 bits per heavy atom. The zero-order chi connectivity index (χ0) is 22.2. The van der Waals surface area contributed by atoms with Crippen LogP contribution in [0.4, 0.5) is 0 Å². The Morgan fingerprint density at radius 2 is 1.71 bits per heavy atom. The molecule has 1 aromatic heterocycles. The van der Waals surface area contributed by atoms with Gasteiger partial charge in [0.05, 0.1) is 6.54 Å². The number of carbonyl (C=O) groups is 3. The average molecular weight is 431 g/mol. The summed E-state index contributed by atoms with van der Waals surface area (Å²) in [5.74, 6) is -0.590. The van der Waals surface area contributed by atoms with E-state index in [1.807, 2.05) is 7.05 Å². The lowest BCUT2D eigenvalue weighted by molar-refractivity contribution is -0.133. The van der Waals surface area contributed by atoms with Crippen LogP contribution in [0.25, 0.3) is 0 Å². The predicted molar refractivity (Wildman–Crippen MR) is 116 cm³/mol. The van der Waals surface area contributed by atoms with E-state index in [9.17, 15) is 14.4 Å². The molecule has 0 spiro atoms. The highest BCUT2D eigenvalue weighted by Gasteiger charge is 2.47. The number of likely N-dealkylation sites (N-methyl/N-ethyl adjacent to an activating group) is 2. The molecule has 4 rings (SSSR count). The van der Waals surface area contributed by atoms with E-state index in [0.29, 0.717) is 18.8 Å². The minimum atomic E-state index is -1.05. The monoisotopic (exact) mass is 430 g/mol. The summed E-state index contributed by atoms with van der Waals surface area (Å²) in [6, 6.07) is 1.73. The van der Waals surface area contributed by atoms with Crippen molar-refractivity contribution in [3.8, 4) is 0 Å². The van der Waals surface area contributed by atoms with Crippen molar-refractivity contribution in [1.29, 1.82) is 0 Å². The van der Waals surface area contributed by atoms with Crippen LogP contribution in [0.1, 0.15) is 66.4 Å². The van der Waals surface area contributed by atoms with Crippen molar-refractivity contribution >= 4 is 17.7 Å². The first-order valence-electron chi connectivity index (χ1n) is 11.4. The number of fused-ring (bicyclic) bond motifs is 1. The van der Waals surface area contributed by atoms with E-state index in [1.54, 1.807) is 24.9 Å². The molecule has 1 atom stereocenters. The van der Waals surface area contributed by atoms with Crippen LogP contribution in [0.3, 0.4) is 0 Å². The Kier molecular flexibility index (Phi) is 6.05. The fourth-order valence-electron chi connectivity index (χ4n) is 4.77. The summed E-state index contributed by atoms with van der Waals surface area (Å²) < 4.78 is 1.54. The van der Waals surface area contributed by atoms with Crippen molar-refractivity contribution in [3.05, 3.63) is 17.5 Å². The molecule has 0 radical (unpaired) electrons. The SMILES string of the molecule is CN1CCN(C(=O)c2cc3n(n2)CC(C)(C(=O)NC2CCCCCC2)N(C)C3=O)CC1. The summed E-state index contributed by atoms with van der Waals surface area (Å²) in [5.41, 5.74) is -0.411. The fraction of sp³-hybridized carbons (Fsp3) is 0.727.